The number of aryl methyl sites for hydroxylation is 1. The monoisotopic (exact) mass is 439 g/mol. The molecule has 1 aliphatic heterocycles. The van der Waals surface area contributed by atoms with Crippen LogP contribution in [0.2, 0.25) is 0 Å². The molecule has 11 heteroatoms. The maximum atomic E-state index is 13.7. The third kappa shape index (κ3) is 4.31. The number of alkyl halides is 3. The predicted octanol–water partition coefficient (Wildman–Crippen LogP) is 2.94. The van der Waals surface area contributed by atoms with Gasteiger partial charge in [0.25, 0.3) is 0 Å². The molecule has 2 aromatic heterocycles. The van der Waals surface area contributed by atoms with Gasteiger partial charge in [0.2, 0.25) is 5.91 Å². The van der Waals surface area contributed by atoms with Gasteiger partial charge in [-0.05, 0) is 32.8 Å². The zero-order chi connectivity index (χ0) is 22.3. The summed E-state index contributed by atoms with van der Waals surface area (Å²) in [6.45, 7) is 4.62. The van der Waals surface area contributed by atoms with Crippen molar-refractivity contribution in [3.63, 3.8) is 0 Å². The molecule has 3 heterocycles. The van der Waals surface area contributed by atoms with E-state index in [9.17, 15) is 22.8 Å². The van der Waals surface area contributed by atoms with E-state index in [1.165, 1.54) is 16.5 Å². The van der Waals surface area contributed by atoms with Crippen LogP contribution in [0.1, 0.15) is 42.6 Å². The number of nitrogens with zero attached hydrogens (tertiary/aromatic N) is 5. The van der Waals surface area contributed by atoms with Gasteiger partial charge < -0.3 is 14.5 Å². The Hall–Kier alpha value is -2.85. The predicted molar refractivity (Wildman–Crippen MR) is 104 cm³/mol. The fourth-order valence-electron chi connectivity index (χ4n) is 3.88. The van der Waals surface area contributed by atoms with Gasteiger partial charge in [0.05, 0.1) is 23.3 Å². The van der Waals surface area contributed by atoms with Crippen molar-refractivity contribution in [3.8, 4) is 0 Å². The van der Waals surface area contributed by atoms with Gasteiger partial charge in [0.1, 0.15) is 6.54 Å². The number of hydrogen-bond acceptors (Lipinski definition) is 5. The number of carbonyl (C=O) groups excluding carboxylic acids is 2. The summed E-state index contributed by atoms with van der Waals surface area (Å²) in [5.74, 6) is -0.249. The highest BCUT2D eigenvalue weighted by molar-refractivity contribution is 5.85. The van der Waals surface area contributed by atoms with E-state index in [2.05, 4.69) is 10.1 Å². The lowest BCUT2D eigenvalue weighted by Gasteiger charge is -2.34. The second-order valence-electron chi connectivity index (χ2n) is 7.88. The number of carbonyl (C=O) groups is 2. The van der Waals surface area contributed by atoms with Gasteiger partial charge in [-0.2, -0.15) is 18.3 Å². The molecule has 0 N–H and O–H groups in total. The van der Waals surface area contributed by atoms with Crippen molar-refractivity contribution in [1.82, 2.24) is 24.6 Å². The molecule has 2 aliphatic rings. The Balaban J connectivity index is 1.56. The molecular weight excluding hydrogens is 415 g/mol. The van der Waals surface area contributed by atoms with E-state index < -0.39 is 17.8 Å². The van der Waals surface area contributed by atoms with Gasteiger partial charge in [-0.3, -0.25) is 4.79 Å². The Morgan fingerprint density at radius 3 is 2.39 bits per heavy atom. The second kappa shape index (κ2) is 8.01. The lowest BCUT2D eigenvalue weighted by molar-refractivity contribution is -0.136. The van der Waals surface area contributed by atoms with Crippen molar-refractivity contribution >= 4 is 23.0 Å². The molecule has 2 fully saturated rings. The number of halogens is 3. The molecule has 2 amide bonds. The number of pyridine rings is 1. The molecule has 0 radical (unpaired) electrons. The molecule has 0 unspecified atom stereocenters. The van der Waals surface area contributed by atoms with Gasteiger partial charge in [-0.1, -0.05) is 0 Å². The van der Waals surface area contributed by atoms with Crippen LogP contribution in [-0.4, -0.2) is 69.4 Å². The Bertz CT molecular complexity index is 1010. The number of ether oxygens (including phenoxy) is 1. The Morgan fingerprint density at radius 1 is 1.16 bits per heavy atom. The lowest BCUT2D eigenvalue weighted by atomic mass is 10.1. The number of fused-ring (bicyclic) bond motifs is 1. The standard InChI is InChI=1S/C20H24F3N5O3/c1-3-31-19(30)27-8-6-26(7-9-27)16(29)11-28-18-17(12(2)25-28)14(20(21,22)23)10-15(24-18)13-4-5-13/h10,13H,3-9,11H2,1-2H3. The molecule has 8 nitrogen and oxygen atoms in total. The molecule has 168 valence electrons. The summed E-state index contributed by atoms with van der Waals surface area (Å²) < 4.78 is 47.3. The van der Waals surface area contributed by atoms with Crippen LogP contribution in [0, 0.1) is 6.92 Å². The summed E-state index contributed by atoms with van der Waals surface area (Å²) in [7, 11) is 0. The number of amides is 2. The van der Waals surface area contributed by atoms with Crippen LogP contribution in [-0.2, 0) is 22.3 Å². The van der Waals surface area contributed by atoms with Crippen LogP contribution >= 0.6 is 0 Å². The topological polar surface area (TPSA) is 80.6 Å². The number of rotatable bonds is 4. The third-order valence-corrected chi connectivity index (χ3v) is 5.64. The minimum absolute atomic E-state index is 0.0285. The average Bonchev–Trinajstić information content (AvgIpc) is 3.53. The Morgan fingerprint density at radius 2 is 1.81 bits per heavy atom. The van der Waals surface area contributed by atoms with Gasteiger partial charge in [-0.15, -0.1) is 0 Å². The van der Waals surface area contributed by atoms with E-state index in [1.807, 2.05) is 0 Å². The van der Waals surface area contributed by atoms with Gasteiger partial charge in [-0.25, -0.2) is 14.5 Å². The molecule has 4 rings (SSSR count). The van der Waals surface area contributed by atoms with E-state index >= 15 is 0 Å². The number of aromatic nitrogens is 3. The van der Waals surface area contributed by atoms with Crippen molar-refractivity contribution in [3.05, 3.63) is 23.0 Å². The van der Waals surface area contributed by atoms with Crippen molar-refractivity contribution in [1.29, 1.82) is 0 Å². The summed E-state index contributed by atoms with van der Waals surface area (Å²) >= 11 is 0. The SMILES string of the molecule is CCOC(=O)N1CCN(C(=O)Cn2nc(C)c3c(C(F)(F)F)cc(C4CC4)nc32)CC1. The number of piperazine rings is 1. The average molecular weight is 439 g/mol. The summed E-state index contributed by atoms with van der Waals surface area (Å²) in [4.78, 5) is 32.2. The highest BCUT2D eigenvalue weighted by Gasteiger charge is 2.38. The lowest BCUT2D eigenvalue weighted by Crippen LogP contribution is -2.51. The Kier molecular flexibility index (Phi) is 5.52. The maximum Gasteiger partial charge on any atom is 0.417 e. The first-order valence-electron chi connectivity index (χ1n) is 10.3. The van der Waals surface area contributed by atoms with Crippen LogP contribution in [0.25, 0.3) is 11.0 Å². The molecule has 2 aromatic rings. The Labute approximate surface area is 176 Å². The van der Waals surface area contributed by atoms with Crippen molar-refractivity contribution in [2.45, 2.75) is 45.3 Å². The fraction of sp³-hybridized carbons (Fsp3) is 0.600. The zero-order valence-corrected chi connectivity index (χ0v) is 17.4. The molecule has 0 aromatic carbocycles. The minimum atomic E-state index is -4.53. The van der Waals surface area contributed by atoms with Gasteiger partial charge in [0, 0.05) is 37.8 Å². The van der Waals surface area contributed by atoms with E-state index in [0.29, 0.717) is 31.9 Å². The highest BCUT2D eigenvalue weighted by atomic mass is 19.4. The molecule has 1 aliphatic carbocycles. The molecule has 0 atom stereocenters. The number of hydrogen-bond donors (Lipinski definition) is 0. The molecule has 0 bridgehead atoms. The van der Waals surface area contributed by atoms with E-state index in [4.69, 9.17) is 4.74 Å². The zero-order valence-electron chi connectivity index (χ0n) is 17.4. The van der Waals surface area contributed by atoms with Crippen molar-refractivity contribution in [2.75, 3.05) is 32.8 Å². The summed E-state index contributed by atoms with van der Waals surface area (Å²) in [5.41, 5.74) is -0.0695. The molecule has 0 spiro atoms. The smallest absolute Gasteiger partial charge is 0.417 e. The first-order valence-corrected chi connectivity index (χ1v) is 10.3. The quantitative estimate of drug-likeness (QED) is 0.732. The van der Waals surface area contributed by atoms with Crippen LogP contribution < -0.4 is 0 Å². The van der Waals surface area contributed by atoms with E-state index in [0.717, 1.165) is 18.9 Å². The molecule has 31 heavy (non-hydrogen) atoms. The third-order valence-electron chi connectivity index (χ3n) is 5.64. The van der Waals surface area contributed by atoms with E-state index in [-0.39, 0.29) is 41.7 Å². The van der Waals surface area contributed by atoms with Crippen LogP contribution in [0.4, 0.5) is 18.0 Å². The first-order chi connectivity index (χ1) is 14.7. The highest BCUT2D eigenvalue weighted by Crippen LogP contribution is 2.43. The normalized spacial score (nSPS) is 17.3. The van der Waals surface area contributed by atoms with Crippen molar-refractivity contribution < 1.29 is 27.5 Å². The minimum Gasteiger partial charge on any atom is -0.450 e. The van der Waals surface area contributed by atoms with Crippen LogP contribution in [0.3, 0.4) is 0 Å². The summed E-state index contributed by atoms with van der Waals surface area (Å²) in [5, 5.41) is 4.15. The first kappa shape index (κ1) is 21.4. The maximum absolute atomic E-state index is 13.7. The van der Waals surface area contributed by atoms with Crippen LogP contribution in [0.5, 0.6) is 0 Å². The van der Waals surface area contributed by atoms with Gasteiger partial charge in [0.15, 0.2) is 5.65 Å². The molecule has 1 saturated carbocycles. The van der Waals surface area contributed by atoms with Crippen LogP contribution in [0.15, 0.2) is 6.07 Å². The van der Waals surface area contributed by atoms with Gasteiger partial charge >= 0.3 is 12.3 Å². The summed E-state index contributed by atoms with van der Waals surface area (Å²) in [6.07, 6.45) is -3.32. The fourth-order valence-corrected chi connectivity index (χ4v) is 3.88. The molecular formula is C20H24F3N5O3. The summed E-state index contributed by atoms with van der Waals surface area (Å²) in [6, 6.07) is 1.12. The van der Waals surface area contributed by atoms with E-state index in [1.54, 1.807) is 11.8 Å². The second-order valence-corrected chi connectivity index (χ2v) is 7.88. The van der Waals surface area contributed by atoms with Crippen molar-refractivity contribution in [2.24, 2.45) is 0 Å². The molecule has 1 saturated heterocycles. The largest absolute Gasteiger partial charge is 0.450 e.